The molecule has 18 heavy (non-hydrogen) atoms. The fourth-order valence-electron chi connectivity index (χ4n) is 1.44. The Balaban J connectivity index is 2.91. The van der Waals surface area contributed by atoms with Crippen molar-refractivity contribution in [3.63, 3.8) is 0 Å². The van der Waals surface area contributed by atoms with Crippen LogP contribution in [-0.4, -0.2) is 35.7 Å². The van der Waals surface area contributed by atoms with E-state index in [0.29, 0.717) is 6.29 Å². The molecule has 1 aromatic carbocycles. The number of hydrogen-bond acceptors (Lipinski definition) is 5. The van der Waals surface area contributed by atoms with E-state index in [1.807, 2.05) is 0 Å². The second-order valence-corrected chi connectivity index (χ2v) is 3.69. The number of ether oxygens (including phenoxy) is 1. The maximum absolute atomic E-state index is 13.4. The van der Waals surface area contributed by atoms with E-state index in [1.54, 1.807) is 0 Å². The van der Waals surface area contributed by atoms with E-state index in [2.05, 4.69) is 4.74 Å². The zero-order chi connectivity index (χ0) is 13.7. The van der Waals surface area contributed by atoms with Gasteiger partial charge in [-0.3, -0.25) is 9.59 Å². The van der Waals surface area contributed by atoms with Gasteiger partial charge in [0.15, 0.2) is 0 Å². The van der Waals surface area contributed by atoms with Gasteiger partial charge in [-0.2, -0.15) is 0 Å². The van der Waals surface area contributed by atoms with E-state index >= 15 is 0 Å². The van der Waals surface area contributed by atoms with Crippen LogP contribution in [-0.2, 0) is 9.53 Å². The molecular formula is C12H13FO5. The van der Waals surface area contributed by atoms with Crippen LogP contribution in [0.25, 0.3) is 0 Å². The predicted octanol–water partition coefficient (Wildman–Crippen LogP) is 0.596. The van der Waals surface area contributed by atoms with Gasteiger partial charge in [0.25, 0.3) is 0 Å². The Kier molecular flexibility index (Phi) is 4.94. The topological polar surface area (TPSA) is 83.8 Å². The standard InChI is InChI=1S/C12H13FO5/c1-18-11(16)5-10(15)12(17)8-4-7(6-14)2-3-9(8)13/h2-4,6,10,12,15,17H,5H2,1H3. The van der Waals surface area contributed by atoms with Gasteiger partial charge in [0.2, 0.25) is 0 Å². The number of hydrogen-bond donors (Lipinski definition) is 2. The van der Waals surface area contributed by atoms with Crippen molar-refractivity contribution in [1.82, 2.24) is 0 Å². The SMILES string of the molecule is COC(=O)CC(O)C(O)c1cc(C=O)ccc1F. The van der Waals surface area contributed by atoms with E-state index in [1.165, 1.54) is 6.07 Å². The molecule has 6 heteroatoms. The van der Waals surface area contributed by atoms with Crippen molar-refractivity contribution in [1.29, 1.82) is 0 Å². The van der Waals surface area contributed by atoms with Gasteiger partial charge >= 0.3 is 5.97 Å². The second-order valence-electron chi connectivity index (χ2n) is 3.69. The van der Waals surface area contributed by atoms with Crippen LogP contribution >= 0.6 is 0 Å². The minimum Gasteiger partial charge on any atom is -0.469 e. The van der Waals surface area contributed by atoms with Gasteiger partial charge in [-0.25, -0.2) is 4.39 Å². The molecule has 0 fully saturated rings. The van der Waals surface area contributed by atoms with Crippen molar-refractivity contribution in [3.05, 3.63) is 35.1 Å². The second kappa shape index (κ2) is 6.23. The van der Waals surface area contributed by atoms with Crippen LogP contribution in [0.5, 0.6) is 0 Å². The van der Waals surface area contributed by atoms with Crippen LogP contribution in [0.3, 0.4) is 0 Å². The normalized spacial score (nSPS) is 13.8. The van der Waals surface area contributed by atoms with Crippen molar-refractivity contribution in [2.75, 3.05) is 7.11 Å². The molecule has 5 nitrogen and oxygen atoms in total. The van der Waals surface area contributed by atoms with Gasteiger partial charge in [0.05, 0.1) is 19.6 Å². The minimum atomic E-state index is -1.61. The van der Waals surface area contributed by atoms with Crippen LogP contribution in [0.2, 0.25) is 0 Å². The lowest BCUT2D eigenvalue weighted by molar-refractivity contribution is -0.144. The summed E-state index contributed by atoms with van der Waals surface area (Å²) < 4.78 is 17.8. The number of halogens is 1. The number of carbonyl (C=O) groups is 2. The molecule has 1 rings (SSSR count). The van der Waals surface area contributed by atoms with Gasteiger partial charge in [-0.05, 0) is 18.2 Å². The summed E-state index contributed by atoms with van der Waals surface area (Å²) in [5.41, 5.74) is -0.0771. The molecule has 2 N–H and O–H groups in total. The van der Waals surface area contributed by atoms with Crippen molar-refractivity contribution in [2.45, 2.75) is 18.6 Å². The Labute approximate surface area is 103 Å². The first-order valence-corrected chi connectivity index (χ1v) is 5.17. The number of aliphatic hydroxyl groups excluding tert-OH is 2. The molecule has 2 atom stereocenters. The molecule has 0 aliphatic rings. The lowest BCUT2D eigenvalue weighted by Crippen LogP contribution is -2.23. The molecule has 0 saturated carbocycles. The summed E-state index contributed by atoms with van der Waals surface area (Å²) in [6.45, 7) is 0. The number of benzene rings is 1. The van der Waals surface area contributed by atoms with Crippen molar-refractivity contribution in [2.24, 2.45) is 0 Å². The summed E-state index contributed by atoms with van der Waals surface area (Å²) >= 11 is 0. The largest absolute Gasteiger partial charge is 0.469 e. The third-order valence-electron chi connectivity index (χ3n) is 2.44. The predicted molar refractivity (Wildman–Crippen MR) is 59.4 cm³/mol. The van der Waals surface area contributed by atoms with Crippen molar-refractivity contribution >= 4 is 12.3 Å². The number of aliphatic hydroxyl groups is 2. The monoisotopic (exact) mass is 256 g/mol. The maximum Gasteiger partial charge on any atom is 0.308 e. The quantitative estimate of drug-likeness (QED) is 0.595. The summed E-state index contributed by atoms with van der Waals surface area (Å²) in [7, 11) is 1.13. The lowest BCUT2D eigenvalue weighted by atomic mass is 10.00. The zero-order valence-electron chi connectivity index (χ0n) is 9.67. The highest BCUT2D eigenvalue weighted by Crippen LogP contribution is 2.23. The smallest absolute Gasteiger partial charge is 0.308 e. The number of methoxy groups -OCH3 is 1. The fourth-order valence-corrected chi connectivity index (χ4v) is 1.44. The highest BCUT2D eigenvalue weighted by Gasteiger charge is 2.24. The molecule has 0 radical (unpaired) electrons. The molecule has 0 aliphatic heterocycles. The molecule has 1 aromatic rings. The van der Waals surface area contributed by atoms with Crippen LogP contribution in [0.15, 0.2) is 18.2 Å². The Morgan fingerprint density at radius 2 is 2.17 bits per heavy atom. The van der Waals surface area contributed by atoms with Crippen LogP contribution in [0.1, 0.15) is 28.4 Å². The molecule has 0 spiro atoms. The van der Waals surface area contributed by atoms with Gasteiger partial charge in [0, 0.05) is 11.1 Å². The Hall–Kier alpha value is -1.79. The highest BCUT2D eigenvalue weighted by molar-refractivity contribution is 5.75. The Bertz CT molecular complexity index is 446. The summed E-state index contributed by atoms with van der Waals surface area (Å²) in [6.07, 6.45) is -3.09. The highest BCUT2D eigenvalue weighted by atomic mass is 19.1. The van der Waals surface area contributed by atoms with Crippen LogP contribution < -0.4 is 0 Å². The molecule has 0 amide bonds. The van der Waals surface area contributed by atoms with Crippen LogP contribution in [0, 0.1) is 5.82 Å². The summed E-state index contributed by atoms with van der Waals surface area (Å²) in [5.74, 6) is -1.49. The Morgan fingerprint density at radius 3 is 2.72 bits per heavy atom. The van der Waals surface area contributed by atoms with Gasteiger partial charge in [0.1, 0.15) is 18.2 Å². The minimum absolute atomic E-state index is 0.163. The van der Waals surface area contributed by atoms with Crippen molar-refractivity contribution in [3.8, 4) is 0 Å². The number of rotatable bonds is 5. The molecule has 0 aromatic heterocycles. The van der Waals surface area contributed by atoms with E-state index in [4.69, 9.17) is 0 Å². The molecule has 0 aliphatic carbocycles. The lowest BCUT2D eigenvalue weighted by Gasteiger charge is -2.18. The molecule has 0 bridgehead atoms. The third-order valence-corrected chi connectivity index (χ3v) is 2.44. The molecular weight excluding hydrogens is 243 g/mol. The van der Waals surface area contributed by atoms with Crippen molar-refractivity contribution < 1.29 is 28.9 Å². The van der Waals surface area contributed by atoms with E-state index in [-0.39, 0.29) is 11.1 Å². The van der Waals surface area contributed by atoms with Gasteiger partial charge in [-0.15, -0.1) is 0 Å². The zero-order valence-corrected chi connectivity index (χ0v) is 9.67. The Morgan fingerprint density at radius 1 is 1.50 bits per heavy atom. The van der Waals surface area contributed by atoms with Gasteiger partial charge < -0.3 is 14.9 Å². The number of carbonyl (C=O) groups excluding carboxylic acids is 2. The summed E-state index contributed by atoms with van der Waals surface area (Å²) in [5, 5.41) is 19.3. The van der Waals surface area contributed by atoms with E-state index < -0.39 is 30.4 Å². The first kappa shape index (κ1) is 14.3. The van der Waals surface area contributed by atoms with Gasteiger partial charge in [-0.1, -0.05) is 0 Å². The fraction of sp³-hybridized carbons (Fsp3) is 0.333. The average Bonchev–Trinajstić information content (AvgIpc) is 2.38. The summed E-state index contributed by atoms with van der Waals surface area (Å²) in [6, 6.07) is 3.37. The molecule has 0 saturated heterocycles. The average molecular weight is 256 g/mol. The number of esters is 1. The van der Waals surface area contributed by atoms with Crippen LogP contribution in [0.4, 0.5) is 4.39 Å². The first-order valence-electron chi connectivity index (χ1n) is 5.17. The van der Waals surface area contributed by atoms with E-state index in [0.717, 1.165) is 19.2 Å². The molecule has 2 unspecified atom stereocenters. The first-order chi connectivity index (χ1) is 8.49. The third kappa shape index (κ3) is 3.35. The maximum atomic E-state index is 13.4. The summed E-state index contributed by atoms with van der Waals surface area (Å²) in [4.78, 5) is 21.5. The molecule has 0 heterocycles. The number of aldehydes is 1. The van der Waals surface area contributed by atoms with E-state index in [9.17, 15) is 24.2 Å². The molecule has 98 valence electrons.